The summed E-state index contributed by atoms with van der Waals surface area (Å²) in [5, 5.41) is 0. The molecule has 2 unspecified atom stereocenters. The van der Waals surface area contributed by atoms with E-state index in [0.29, 0.717) is 32.7 Å². The number of hydrogen-bond acceptors (Lipinski definition) is 4. The van der Waals surface area contributed by atoms with Gasteiger partial charge in [0.25, 0.3) is 0 Å². The molecule has 1 aromatic rings. The highest BCUT2D eigenvalue weighted by molar-refractivity contribution is 5.78. The Morgan fingerprint density at radius 1 is 1.43 bits per heavy atom. The average molecular weight is 292 g/mol. The van der Waals surface area contributed by atoms with Crippen molar-refractivity contribution in [3.8, 4) is 11.5 Å². The van der Waals surface area contributed by atoms with Gasteiger partial charge in [0, 0.05) is 12.5 Å². The maximum Gasteiger partial charge on any atom is 0.225 e. The molecule has 1 aliphatic rings. The number of amides is 1. The van der Waals surface area contributed by atoms with Gasteiger partial charge >= 0.3 is 0 Å². The number of carbonyl (C=O) groups is 1. The molecule has 116 valence electrons. The molecular formula is C16H24N2O3. The first-order valence-electron chi connectivity index (χ1n) is 7.53. The van der Waals surface area contributed by atoms with E-state index in [1.807, 2.05) is 43.0 Å². The van der Waals surface area contributed by atoms with Crippen molar-refractivity contribution in [3.63, 3.8) is 0 Å². The highest BCUT2D eigenvalue weighted by Crippen LogP contribution is 2.31. The van der Waals surface area contributed by atoms with Crippen molar-refractivity contribution in [1.82, 2.24) is 4.90 Å². The minimum atomic E-state index is -0.131. The van der Waals surface area contributed by atoms with E-state index in [4.69, 9.17) is 15.2 Å². The maximum absolute atomic E-state index is 12.4. The van der Waals surface area contributed by atoms with Crippen LogP contribution in [0.2, 0.25) is 0 Å². The van der Waals surface area contributed by atoms with Gasteiger partial charge in [-0.3, -0.25) is 4.79 Å². The van der Waals surface area contributed by atoms with Gasteiger partial charge in [-0.25, -0.2) is 0 Å². The summed E-state index contributed by atoms with van der Waals surface area (Å²) in [6, 6.07) is 7.60. The third-order valence-electron chi connectivity index (χ3n) is 3.71. The van der Waals surface area contributed by atoms with E-state index in [9.17, 15) is 4.79 Å². The fourth-order valence-corrected chi connectivity index (χ4v) is 2.46. The van der Waals surface area contributed by atoms with Crippen LogP contribution in [0, 0.1) is 5.92 Å². The quantitative estimate of drug-likeness (QED) is 0.866. The van der Waals surface area contributed by atoms with Crippen molar-refractivity contribution in [1.29, 1.82) is 0 Å². The molecule has 0 bridgehead atoms. The summed E-state index contributed by atoms with van der Waals surface area (Å²) in [5.41, 5.74) is 5.53. The summed E-state index contributed by atoms with van der Waals surface area (Å²) in [6.45, 7) is 6.09. The van der Waals surface area contributed by atoms with E-state index in [1.165, 1.54) is 0 Å². The molecule has 0 spiro atoms. The zero-order valence-electron chi connectivity index (χ0n) is 12.7. The Labute approximate surface area is 126 Å². The molecule has 5 heteroatoms. The van der Waals surface area contributed by atoms with Crippen LogP contribution in [0.4, 0.5) is 0 Å². The molecule has 21 heavy (non-hydrogen) atoms. The van der Waals surface area contributed by atoms with Gasteiger partial charge in [0.05, 0.1) is 6.54 Å². The Balaban J connectivity index is 1.95. The molecule has 0 aromatic heterocycles. The molecule has 2 rings (SSSR count). The largest absolute Gasteiger partial charge is 0.486 e. The third kappa shape index (κ3) is 3.88. The van der Waals surface area contributed by atoms with E-state index in [1.54, 1.807) is 0 Å². The lowest BCUT2D eigenvalue weighted by Gasteiger charge is -2.32. The first-order chi connectivity index (χ1) is 10.2. The molecule has 1 aromatic carbocycles. The SMILES string of the molecule is CCN(CC1COc2ccccc2O1)C(=O)C(C)CCN. The van der Waals surface area contributed by atoms with Crippen LogP contribution in [0.15, 0.2) is 24.3 Å². The monoisotopic (exact) mass is 292 g/mol. The number of hydrogen-bond donors (Lipinski definition) is 1. The smallest absolute Gasteiger partial charge is 0.225 e. The topological polar surface area (TPSA) is 64.8 Å². The number of ether oxygens (including phenoxy) is 2. The van der Waals surface area contributed by atoms with Gasteiger partial charge in [-0.2, -0.15) is 0 Å². The average Bonchev–Trinajstić information content (AvgIpc) is 2.52. The van der Waals surface area contributed by atoms with Crippen LogP contribution >= 0.6 is 0 Å². The molecule has 0 saturated heterocycles. The molecule has 1 aliphatic heterocycles. The minimum absolute atomic E-state index is 0.0493. The van der Waals surface area contributed by atoms with Crippen molar-refractivity contribution in [2.75, 3.05) is 26.2 Å². The van der Waals surface area contributed by atoms with Gasteiger partial charge in [-0.05, 0) is 32.0 Å². The third-order valence-corrected chi connectivity index (χ3v) is 3.71. The van der Waals surface area contributed by atoms with Gasteiger partial charge in [0.15, 0.2) is 17.6 Å². The first kappa shape index (κ1) is 15.6. The van der Waals surface area contributed by atoms with Crippen molar-refractivity contribution in [2.45, 2.75) is 26.4 Å². The fourth-order valence-electron chi connectivity index (χ4n) is 2.46. The second-order valence-corrected chi connectivity index (χ2v) is 5.35. The molecule has 1 heterocycles. The molecule has 0 fully saturated rings. The number of nitrogens with two attached hydrogens (primary N) is 1. The predicted octanol–water partition coefficient (Wildman–Crippen LogP) is 1.66. The van der Waals surface area contributed by atoms with E-state index in [0.717, 1.165) is 11.5 Å². The molecule has 0 aliphatic carbocycles. The van der Waals surface area contributed by atoms with Gasteiger partial charge in [-0.15, -0.1) is 0 Å². The van der Waals surface area contributed by atoms with Crippen LogP contribution in [-0.4, -0.2) is 43.2 Å². The molecule has 5 nitrogen and oxygen atoms in total. The lowest BCUT2D eigenvalue weighted by atomic mass is 10.1. The molecule has 0 saturated carbocycles. The normalized spacial score (nSPS) is 18.1. The Bertz CT molecular complexity index is 478. The van der Waals surface area contributed by atoms with Crippen LogP contribution in [0.3, 0.4) is 0 Å². The number of fused-ring (bicyclic) bond motifs is 1. The molecule has 0 radical (unpaired) electrons. The first-order valence-corrected chi connectivity index (χ1v) is 7.53. The fraction of sp³-hybridized carbons (Fsp3) is 0.562. The molecule has 2 N–H and O–H groups in total. The maximum atomic E-state index is 12.4. The molecule has 1 amide bonds. The van der Waals surface area contributed by atoms with Gasteiger partial charge in [0.2, 0.25) is 5.91 Å². The predicted molar refractivity (Wildman–Crippen MR) is 81.4 cm³/mol. The van der Waals surface area contributed by atoms with Gasteiger partial charge < -0.3 is 20.1 Å². The number of benzene rings is 1. The van der Waals surface area contributed by atoms with Crippen LogP contribution < -0.4 is 15.2 Å². The van der Waals surface area contributed by atoms with Gasteiger partial charge in [-0.1, -0.05) is 19.1 Å². The van der Waals surface area contributed by atoms with Crippen molar-refractivity contribution in [2.24, 2.45) is 11.7 Å². The summed E-state index contributed by atoms with van der Waals surface area (Å²) in [7, 11) is 0. The zero-order valence-corrected chi connectivity index (χ0v) is 12.7. The van der Waals surface area contributed by atoms with Gasteiger partial charge in [0.1, 0.15) is 6.61 Å². The molecule has 2 atom stereocenters. The van der Waals surface area contributed by atoms with Crippen LogP contribution in [0.1, 0.15) is 20.3 Å². The second kappa shape index (κ2) is 7.31. The lowest BCUT2D eigenvalue weighted by molar-refractivity contribution is -0.136. The summed E-state index contributed by atoms with van der Waals surface area (Å²) < 4.78 is 11.6. The summed E-state index contributed by atoms with van der Waals surface area (Å²) >= 11 is 0. The van der Waals surface area contributed by atoms with E-state index in [2.05, 4.69) is 0 Å². The Morgan fingerprint density at radius 3 is 2.81 bits per heavy atom. The summed E-state index contributed by atoms with van der Waals surface area (Å²) in [6.07, 6.45) is 0.578. The number of carbonyl (C=O) groups excluding carboxylic acids is 1. The number of rotatable bonds is 6. The van der Waals surface area contributed by atoms with Crippen molar-refractivity contribution >= 4 is 5.91 Å². The molecular weight excluding hydrogens is 268 g/mol. The second-order valence-electron chi connectivity index (χ2n) is 5.35. The minimum Gasteiger partial charge on any atom is -0.486 e. The highest BCUT2D eigenvalue weighted by Gasteiger charge is 2.26. The van der Waals surface area contributed by atoms with Crippen LogP contribution in [0.5, 0.6) is 11.5 Å². The zero-order chi connectivity index (χ0) is 15.2. The number of para-hydroxylation sites is 2. The van der Waals surface area contributed by atoms with E-state index in [-0.39, 0.29) is 17.9 Å². The number of likely N-dealkylation sites (N-methyl/N-ethyl adjacent to an activating group) is 1. The van der Waals surface area contributed by atoms with E-state index >= 15 is 0 Å². The summed E-state index contributed by atoms with van der Waals surface area (Å²) in [4.78, 5) is 14.2. The lowest BCUT2D eigenvalue weighted by Crippen LogP contribution is -2.45. The highest BCUT2D eigenvalue weighted by atomic mass is 16.6. The van der Waals surface area contributed by atoms with Crippen LogP contribution in [-0.2, 0) is 4.79 Å². The van der Waals surface area contributed by atoms with Crippen LogP contribution in [0.25, 0.3) is 0 Å². The van der Waals surface area contributed by atoms with Crippen molar-refractivity contribution < 1.29 is 14.3 Å². The Kier molecular flexibility index (Phi) is 5.44. The Hall–Kier alpha value is -1.75. The Morgan fingerprint density at radius 2 is 2.14 bits per heavy atom. The summed E-state index contributed by atoms with van der Waals surface area (Å²) in [5.74, 6) is 1.59. The van der Waals surface area contributed by atoms with Crippen molar-refractivity contribution in [3.05, 3.63) is 24.3 Å². The number of nitrogens with zero attached hydrogens (tertiary/aromatic N) is 1. The standard InChI is InChI=1S/C16H24N2O3/c1-3-18(16(19)12(2)8-9-17)10-13-11-20-14-6-4-5-7-15(14)21-13/h4-7,12-13H,3,8-11,17H2,1-2H3. The van der Waals surface area contributed by atoms with E-state index < -0.39 is 0 Å².